The monoisotopic (exact) mass is 357 g/mol. The smallest absolute Gasteiger partial charge is 0.267 e. The fraction of sp³-hybridized carbons (Fsp3) is 0.421. The fourth-order valence-electron chi connectivity index (χ4n) is 3.12. The van der Waals surface area contributed by atoms with Crippen LogP contribution < -0.4 is 20.3 Å². The van der Waals surface area contributed by atoms with Gasteiger partial charge in [-0.2, -0.15) is 5.10 Å². The van der Waals surface area contributed by atoms with E-state index in [1.165, 1.54) is 11.8 Å². The topological polar surface area (TPSA) is 82.5 Å². The highest BCUT2D eigenvalue weighted by Crippen LogP contribution is 2.29. The lowest BCUT2D eigenvalue weighted by Gasteiger charge is -2.13. The summed E-state index contributed by atoms with van der Waals surface area (Å²) in [5.41, 5.74) is 2.21. The number of carbonyl (C=O) groups is 1. The molecule has 1 aliphatic carbocycles. The first kappa shape index (κ1) is 18.0. The summed E-state index contributed by atoms with van der Waals surface area (Å²) in [5, 5.41) is 7.18. The lowest BCUT2D eigenvalue weighted by molar-refractivity contribution is -0.117. The molecule has 0 saturated heterocycles. The molecule has 1 aliphatic rings. The van der Waals surface area contributed by atoms with E-state index in [1.54, 1.807) is 31.4 Å². The number of amides is 1. The number of methoxy groups -OCH3 is 2. The Morgan fingerprint density at radius 2 is 1.96 bits per heavy atom. The first-order valence-electron chi connectivity index (χ1n) is 8.72. The Bertz CT molecular complexity index is 860. The summed E-state index contributed by atoms with van der Waals surface area (Å²) in [6, 6.07) is 6.73. The van der Waals surface area contributed by atoms with Crippen LogP contribution in [0.25, 0.3) is 0 Å². The van der Waals surface area contributed by atoms with Crippen LogP contribution in [0.15, 0.2) is 29.1 Å². The molecular formula is C19H23N3O4. The number of fused-ring (bicyclic) bond motifs is 1. The second-order valence-electron chi connectivity index (χ2n) is 6.29. The van der Waals surface area contributed by atoms with Gasteiger partial charge < -0.3 is 14.8 Å². The van der Waals surface area contributed by atoms with Crippen molar-refractivity contribution in [2.45, 2.75) is 38.6 Å². The van der Waals surface area contributed by atoms with Gasteiger partial charge in [0, 0.05) is 12.1 Å². The minimum atomic E-state index is -0.336. The van der Waals surface area contributed by atoms with Gasteiger partial charge in [-0.15, -0.1) is 0 Å². The number of ether oxygens (including phenoxy) is 2. The third kappa shape index (κ3) is 4.04. The molecule has 2 aromatic rings. The van der Waals surface area contributed by atoms with E-state index in [0.717, 1.165) is 43.4 Å². The number of anilines is 1. The number of nitrogens with one attached hydrogen (secondary N) is 1. The van der Waals surface area contributed by atoms with Crippen LogP contribution in [0.2, 0.25) is 0 Å². The van der Waals surface area contributed by atoms with Gasteiger partial charge >= 0.3 is 0 Å². The predicted molar refractivity (Wildman–Crippen MR) is 97.9 cm³/mol. The summed E-state index contributed by atoms with van der Waals surface area (Å²) in [5.74, 6) is 0.778. The summed E-state index contributed by atoms with van der Waals surface area (Å²) in [6.45, 7) is -0.138. The molecule has 1 heterocycles. The number of benzene rings is 1. The summed E-state index contributed by atoms with van der Waals surface area (Å²) in [7, 11) is 3.08. The largest absolute Gasteiger partial charge is 0.497 e. The number of aryl methyl sites for hydroxylation is 2. The van der Waals surface area contributed by atoms with Gasteiger partial charge in [0.15, 0.2) is 0 Å². The van der Waals surface area contributed by atoms with E-state index in [2.05, 4.69) is 10.4 Å². The molecule has 1 aromatic carbocycles. The maximum absolute atomic E-state index is 12.4. The van der Waals surface area contributed by atoms with Gasteiger partial charge in [0.25, 0.3) is 5.56 Å². The van der Waals surface area contributed by atoms with E-state index in [0.29, 0.717) is 17.2 Å². The lowest BCUT2D eigenvalue weighted by Crippen LogP contribution is -2.30. The van der Waals surface area contributed by atoms with Crippen molar-refractivity contribution in [2.75, 3.05) is 19.5 Å². The highest BCUT2D eigenvalue weighted by Gasteiger charge is 2.15. The first-order chi connectivity index (χ1) is 12.6. The number of rotatable bonds is 5. The van der Waals surface area contributed by atoms with Gasteiger partial charge in [0.1, 0.15) is 18.0 Å². The van der Waals surface area contributed by atoms with Gasteiger partial charge in [-0.05, 0) is 43.4 Å². The molecule has 0 spiro atoms. The van der Waals surface area contributed by atoms with Crippen LogP contribution >= 0.6 is 0 Å². The molecule has 3 rings (SSSR count). The summed E-state index contributed by atoms with van der Waals surface area (Å²) >= 11 is 0. The molecule has 1 amide bonds. The molecular weight excluding hydrogens is 334 g/mol. The molecule has 0 atom stereocenters. The van der Waals surface area contributed by atoms with E-state index in [4.69, 9.17) is 9.47 Å². The molecule has 0 saturated carbocycles. The van der Waals surface area contributed by atoms with E-state index in [-0.39, 0.29) is 18.0 Å². The molecule has 0 unspecified atom stereocenters. The van der Waals surface area contributed by atoms with E-state index < -0.39 is 0 Å². The van der Waals surface area contributed by atoms with Crippen molar-refractivity contribution in [3.8, 4) is 11.5 Å². The van der Waals surface area contributed by atoms with Crippen molar-refractivity contribution in [1.82, 2.24) is 9.78 Å². The van der Waals surface area contributed by atoms with Crippen molar-refractivity contribution in [2.24, 2.45) is 0 Å². The molecule has 7 heteroatoms. The molecule has 0 fully saturated rings. The zero-order valence-corrected chi connectivity index (χ0v) is 15.1. The van der Waals surface area contributed by atoms with Crippen molar-refractivity contribution < 1.29 is 14.3 Å². The molecule has 1 aromatic heterocycles. The van der Waals surface area contributed by atoms with E-state index in [1.807, 2.05) is 0 Å². The van der Waals surface area contributed by atoms with Crippen molar-refractivity contribution >= 4 is 11.6 Å². The molecule has 138 valence electrons. The van der Waals surface area contributed by atoms with Crippen LogP contribution in [0.3, 0.4) is 0 Å². The van der Waals surface area contributed by atoms with E-state index in [9.17, 15) is 9.59 Å². The van der Waals surface area contributed by atoms with Crippen molar-refractivity contribution in [3.63, 3.8) is 0 Å². The van der Waals surface area contributed by atoms with Crippen LogP contribution in [-0.4, -0.2) is 29.9 Å². The van der Waals surface area contributed by atoms with Crippen LogP contribution in [0.1, 0.15) is 30.5 Å². The van der Waals surface area contributed by atoms with Crippen LogP contribution in [0, 0.1) is 0 Å². The Hall–Kier alpha value is -2.83. The maximum Gasteiger partial charge on any atom is 0.267 e. The Morgan fingerprint density at radius 1 is 1.15 bits per heavy atom. The average Bonchev–Trinajstić information content (AvgIpc) is 2.87. The lowest BCUT2D eigenvalue weighted by atomic mass is 10.1. The Morgan fingerprint density at radius 3 is 2.73 bits per heavy atom. The fourth-order valence-corrected chi connectivity index (χ4v) is 3.12. The predicted octanol–water partition coefficient (Wildman–Crippen LogP) is 2.17. The highest BCUT2D eigenvalue weighted by molar-refractivity contribution is 5.92. The SMILES string of the molecule is COc1ccc(NC(=O)Cn2nc3c(cc2=O)CCCCC3)c(OC)c1. The van der Waals surface area contributed by atoms with Crippen LogP contribution in [0.5, 0.6) is 11.5 Å². The van der Waals surface area contributed by atoms with Crippen molar-refractivity contribution in [3.05, 3.63) is 45.9 Å². The molecule has 0 bridgehead atoms. The summed E-state index contributed by atoms with van der Waals surface area (Å²) in [4.78, 5) is 24.7. The minimum absolute atomic E-state index is 0.138. The number of aromatic nitrogens is 2. The highest BCUT2D eigenvalue weighted by atomic mass is 16.5. The zero-order chi connectivity index (χ0) is 18.5. The third-order valence-electron chi connectivity index (χ3n) is 4.50. The van der Waals surface area contributed by atoms with E-state index >= 15 is 0 Å². The van der Waals surface area contributed by atoms with Gasteiger partial charge in [-0.25, -0.2) is 4.68 Å². The number of hydrogen-bond donors (Lipinski definition) is 1. The Balaban J connectivity index is 1.76. The van der Waals surface area contributed by atoms with Crippen molar-refractivity contribution in [1.29, 1.82) is 0 Å². The maximum atomic E-state index is 12.4. The standard InChI is InChI=1S/C19H23N3O4/c1-25-14-8-9-16(17(11-14)26-2)20-18(23)12-22-19(24)10-13-6-4-3-5-7-15(13)21-22/h8-11H,3-7,12H2,1-2H3,(H,20,23). The summed E-state index contributed by atoms with van der Waals surface area (Å²) < 4.78 is 11.6. The first-order valence-corrected chi connectivity index (χ1v) is 8.72. The van der Waals surface area contributed by atoms with Gasteiger partial charge in [0.05, 0.1) is 25.6 Å². The quantitative estimate of drug-likeness (QED) is 0.829. The van der Waals surface area contributed by atoms with Gasteiger partial charge in [-0.1, -0.05) is 6.42 Å². The van der Waals surface area contributed by atoms with Crippen LogP contribution in [0.4, 0.5) is 5.69 Å². The molecule has 0 radical (unpaired) electrons. The summed E-state index contributed by atoms with van der Waals surface area (Å²) in [6.07, 6.45) is 5.02. The normalized spacial score (nSPS) is 13.5. The second-order valence-corrected chi connectivity index (χ2v) is 6.29. The Labute approximate surface area is 151 Å². The zero-order valence-electron chi connectivity index (χ0n) is 15.1. The Kier molecular flexibility index (Phi) is 5.55. The minimum Gasteiger partial charge on any atom is -0.497 e. The third-order valence-corrected chi connectivity index (χ3v) is 4.50. The molecule has 0 aliphatic heterocycles. The average molecular weight is 357 g/mol. The molecule has 26 heavy (non-hydrogen) atoms. The molecule has 1 N–H and O–H groups in total. The van der Waals surface area contributed by atoms with Crippen LogP contribution in [-0.2, 0) is 24.2 Å². The second kappa shape index (κ2) is 8.03. The molecule has 7 nitrogen and oxygen atoms in total. The number of carbonyl (C=O) groups excluding carboxylic acids is 1. The van der Waals surface area contributed by atoms with Gasteiger partial charge in [-0.3, -0.25) is 9.59 Å². The van der Waals surface area contributed by atoms with Gasteiger partial charge in [0.2, 0.25) is 5.91 Å². The number of nitrogens with zero attached hydrogens (tertiary/aromatic N) is 2. The number of hydrogen-bond acceptors (Lipinski definition) is 5.